The van der Waals surface area contributed by atoms with Crippen molar-refractivity contribution < 1.29 is 81.9 Å². The Bertz CT molecular complexity index is 2160. The van der Waals surface area contributed by atoms with Crippen LogP contribution < -0.4 is 0 Å². The largest absolute Gasteiger partial charge is 0.460 e. The molecule has 20 heteroatoms. The first kappa shape index (κ1) is 69.8. The van der Waals surface area contributed by atoms with Crippen LogP contribution in [0, 0.1) is 35.5 Å². The molecule has 0 unspecified atom stereocenters. The number of carbonyl (C=O) groups is 5. The fourth-order valence-electron chi connectivity index (χ4n) is 12.4. The fraction of sp³-hybridized carbons (Fsp3) is 0.794. The van der Waals surface area contributed by atoms with Crippen molar-refractivity contribution in [3.8, 4) is 0 Å². The number of ether oxygens (including phenoxy) is 9. The number of aliphatic hydroxyl groups is 3. The maximum Gasteiger partial charge on any atom is 0.410 e. The summed E-state index contributed by atoms with van der Waals surface area (Å²) in [6.45, 7) is 18.8. The highest BCUT2D eigenvalue weighted by Gasteiger charge is 2.53. The van der Waals surface area contributed by atoms with E-state index in [0.717, 1.165) is 12.1 Å². The van der Waals surface area contributed by atoms with Gasteiger partial charge in [-0.25, -0.2) is 9.59 Å². The lowest BCUT2D eigenvalue weighted by Crippen LogP contribution is -2.61. The number of piperazine rings is 1. The van der Waals surface area contributed by atoms with Crippen molar-refractivity contribution in [2.75, 3.05) is 101 Å². The number of aliphatic hydroxyl groups excluding tert-OH is 2. The third-order valence-electron chi connectivity index (χ3n) is 17.9. The fourth-order valence-corrected chi connectivity index (χ4v) is 12.4. The molecule has 16 atom stereocenters. The minimum atomic E-state index is -2.45. The predicted molar refractivity (Wildman–Crippen MR) is 312 cm³/mol. The molecule has 5 rings (SSSR count). The lowest BCUT2D eigenvalue weighted by atomic mass is 9.78. The second-order valence-electron chi connectivity index (χ2n) is 24.2. The lowest BCUT2D eigenvalue weighted by Gasteiger charge is -2.43. The van der Waals surface area contributed by atoms with Gasteiger partial charge in [0, 0.05) is 98.3 Å². The molecule has 0 aromatic rings. The molecule has 3 N–H and O–H groups in total. The van der Waals surface area contributed by atoms with Crippen LogP contribution in [-0.2, 0) is 61.8 Å². The Morgan fingerprint density at radius 3 is 2.16 bits per heavy atom. The first-order valence-corrected chi connectivity index (χ1v) is 30.6. The molecular weight excluding hydrogens is 1070 g/mol. The minimum Gasteiger partial charge on any atom is -0.460 e. The molecule has 83 heavy (non-hydrogen) atoms. The van der Waals surface area contributed by atoms with Gasteiger partial charge < -0.3 is 67.8 Å². The van der Waals surface area contributed by atoms with E-state index in [-0.39, 0.29) is 49.0 Å². The number of esters is 1. The monoisotopic (exact) mass is 1170 g/mol. The van der Waals surface area contributed by atoms with Crippen LogP contribution in [0.4, 0.5) is 4.79 Å². The third kappa shape index (κ3) is 20.6. The molecular formula is C63H103N3O17. The second-order valence-corrected chi connectivity index (χ2v) is 24.2. The van der Waals surface area contributed by atoms with Crippen LogP contribution in [0.15, 0.2) is 47.6 Å². The molecule has 0 spiro atoms. The number of fused-ring (bicyclic) bond motifs is 3. The van der Waals surface area contributed by atoms with Crippen LogP contribution in [-0.4, -0.2) is 221 Å². The van der Waals surface area contributed by atoms with E-state index in [9.17, 15) is 39.3 Å². The van der Waals surface area contributed by atoms with Gasteiger partial charge in [0.2, 0.25) is 5.79 Å². The maximum atomic E-state index is 14.7. The highest BCUT2D eigenvalue weighted by molar-refractivity contribution is 6.39. The van der Waals surface area contributed by atoms with Crippen molar-refractivity contribution in [1.82, 2.24) is 14.7 Å². The van der Waals surface area contributed by atoms with Crippen LogP contribution in [0.1, 0.15) is 126 Å². The van der Waals surface area contributed by atoms with Gasteiger partial charge in [0.25, 0.3) is 11.7 Å². The SMILES string of the molecule is COCCOCCOCCN1CCN(C(=O)O[C@@H]2CC[C@@H](C[C@@H](C)[C@@H]3C[C@@H](O)[C@H](C)/C=C(\C)[C@@H](O)[C@@H](OC)C(=O)[C@H](C)C[C@H](C)/C=C/C=C/C=C(\C)[C@@H](OC)C[C@@H]4CC[C@@H](C)[C@@](O)(O4)C(=O)C(=O)N4CCCC[C@H]4C(=O)O3)C[C@H]2OC)CC1. The standard InChI is InChI=1S/C63H103N3O17/c1-41-17-13-12-14-18-42(2)53(76-9)39-49-22-20-47(7)63(74,83-49)59(70)60(71)66-24-16-15-19-50(66)61(72)81-54(40-51(67)43(3)36-46(6)57(69)58(78-11)56(68)45(5)35-41)44(4)37-48-21-23-52(55(38-48)77-10)82-62(73)65-27-25-64(26-28-65)29-30-79-33-34-80-32-31-75-8/h12-14,17-18,36,41,43-45,47-55,57-58,67,69,74H,15-16,19-35,37-40H2,1-11H3/b14-12+,17-13+,42-18+,46-36+/t41-,43-,44-,45-,47-,48+,49+,50+,51-,52-,53+,54+,55-,57-,58+,63-/m1/s1. The zero-order valence-corrected chi connectivity index (χ0v) is 51.8. The van der Waals surface area contributed by atoms with Crippen molar-refractivity contribution >= 4 is 29.5 Å². The lowest BCUT2D eigenvalue weighted by molar-refractivity contribution is -0.265. The van der Waals surface area contributed by atoms with Crippen molar-refractivity contribution in [1.29, 1.82) is 0 Å². The molecule has 4 heterocycles. The Morgan fingerprint density at radius 2 is 1.47 bits per heavy atom. The maximum absolute atomic E-state index is 14.7. The number of piperidine rings is 1. The molecule has 4 aliphatic heterocycles. The average molecular weight is 1170 g/mol. The topological polar surface area (TPSA) is 239 Å². The summed E-state index contributed by atoms with van der Waals surface area (Å²) in [6, 6.07) is -1.15. The number of nitrogens with zero attached hydrogens (tertiary/aromatic N) is 3. The Hall–Kier alpha value is -3.93. The molecule has 472 valence electrons. The van der Waals surface area contributed by atoms with Gasteiger partial charge in [-0.05, 0) is 107 Å². The summed E-state index contributed by atoms with van der Waals surface area (Å²) in [5, 5.41) is 35.7. The van der Waals surface area contributed by atoms with Gasteiger partial charge in [-0.3, -0.25) is 19.3 Å². The van der Waals surface area contributed by atoms with E-state index in [2.05, 4.69) is 4.90 Å². The van der Waals surface area contributed by atoms with Gasteiger partial charge in [-0.1, -0.05) is 71.1 Å². The predicted octanol–water partition coefficient (Wildman–Crippen LogP) is 6.41. The van der Waals surface area contributed by atoms with Crippen molar-refractivity contribution in [3.63, 3.8) is 0 Å². The summed E-state index contributed by atoms with van der Waals surface area (Å²) in [5.41, 5.74) is 1.31. The van der Waals surface area contributed by atoms with Crippen LogP contribution in [0.5, 0.6) is 0 Å². The summed E-state index contributed by atoms with van der Waals surface area (Å²) in [5.74, 6) is -7.63. The molecule has 3 saturated heterocycles. The highest BCUT2D eigenvalue weighted by Crippen LogP contribution is 2.38. The van der Waals surface area contributed by atoms with Crippen LogP contribution in [0.3, 0.4) is 0 Å². The van der Waals surface area contributed by atoms with Crippen molar-refractivity contribution in [3.05, 3.63) is 47.6 Å². The van der Waals surface area contributed by atoms with E-state index in [1.807, 2.05) is 58.1 Å². The number of cyclic esters (lactones) is 1. The van der Waals surface area contributed by atoms with E-state index in [1.165, 1.54) is 12.0 Å². The van der Waals surface area contributed by atoms with E-state index in [1.54, 1.807) is 53.1 Å². The van der Waals surface area contributed by atoms with Crippen LogP contribution in [0.2, 0.25) is 0 Å². The number of carbonyl (C=O) groups excluding carboxylic acids is 5. The number of allylic oxidation sites excluding steroid dienone is 5. The van der Waals surface area contributed by atoms with Gasteiger partial charge in [-0.15, -0.1) is 0 Å². The molecule has 20 nitrogen and oxygen atoms in total. The zero-order valence-electron chi connectivity index (χ0n) is 51.8. The third-order valence-corrected chi connectivity index (χ3v) is 17.9. The van der Waals surface area contributed by atoms with Gasteiger partial charge in [-0.2, -0.15) is 0 Å². The molecule has 5 aliphatic rings. The Balaban J connectivity index is 1.34. The van der Waals surface area contributed by atoms with E-state index in [0.29, 0.717) is 129 Å². The summed E-state index contributed by atoms with van der Waals surface area (Å²) < 4.78 is 52.5. The van der Waals surface area contributed by atoms with Crippen molar-refractivity contribution in [2.45, 2.75) is 186 Å². The molecule has 1 saturated carbocycles. The number of amides is 2. The smallest absolute Gasteiger partial charge is 0.410 e. The molecule has 0 aromatic carbocycles. The van der Waals surface area contributed by atoms with E-state index >= 15 is 0 Å². The Kier molecular flexibility index (Phi) is 29.5. The summed E-state index contributed by atoms with van der Waals surface area (Å²) in [4.78, 5) is 76.2. The Labute approximate surface area is 494 Å². The second kappa shape index (κ2) is 35.0. The van der Waals surface area contributed by atoms with E-state index < -0.39 is 96.1 Å². The van der Waals surface area contributed by atoms with E-state index in [4.69, 9.17) is 42.6 Å². The van der Waals surface area contributed by atoms with Gasteiger partial charge in [0.15, 0.2) is 5.78 Å². The van der Waals surface area contributed by atoms with Gasteiger partial charge in [0.05, 0.1) is 57.5 Å². The normalized spacial score (nSPS) is 36.4. The molecule has 0 aromatic heterocycles. The quantitative estimate of drug-likeness (QED) is 0.0655. The summed E-state index contributed by atoms with van der Waals surface area (Å²) in [6.07, 6.45) is 9.95. The first-order chi connectivity index (χ1) is 39.6. The highest BCUT2D eigenvalue weighted by atomic mass is 16.6. The molecule has 2 amide bonds. The number of hydrogen-bond acceptors (Lipinski definition) is 18. The molecule has 2 bridgehead atoms. The molecule has 4 fully saturated rings. The van der Waals surface area contributed by atoms with Gasteiger partial charge in [0.1, 0.15) is 30.5 Å². The number of methoxy groups -OCH3 is 4. The number of Topliss-reactive ketones (excluding diaryl/α,β-unsaturated/α-hetero) is 2. The van der Waals surface area contributed by atoms with Crippen molar-refractivity contribution in [2.24, 2.45) is 35.5 Å². The van der Waals surface area contributed by atoms with Gasteiger partial charge >= 0.3 is 12.1 Å². The first-order valence-electron chi connectivity index (χ1n) is 30.6. The Morgan fingerprint density at radius 1 is 0.759 bits per heavy atom. The van der Waals surface area contributed by atoms with Crippen LogP contribution >= 0.6 is 0 Å². The number of hydrogen-bond donors (Lipinski definition) is 3. The minimum absolute atomic E-state index is 0.0110. The van der Waals surface area contributed by atoms with Crippen LogP contribution in [0.25, 0.3) is 0 Å². The summed E-state index contributed by atoms with van der Waals surface area (Å²) in [7, 11) is 6.22. The number of ketones is 2. The molecule has 1 aliphatic carbocycles. The zero-order chi connectivity index (χ0) is 60.8. The average Bonchev–Trinajstić information content (AvgIpc) is 3.06. The number of rotatable bonds is 16. The molecule has 0 radical (unpaired) electrons. The summed E-state index contributed by atoms with van der Waals surface area (Å²) >= 11 is 0.